The van der Waals surface area contributed by atoms with Gasteiger partial charge in [0.15, 0.2) is 5.82 Å². The third-order valence-corrected chi connectivity index (χ3v) is 2.16. The molecule has 0 fully saturated rings. The Kier molecular flexibility index (Phi) is 4.51. The van der Waals surface area contributed by atoms with Gasteiger partial charge in [0.2, 0.25) is 5.28 Å². The minimum Gasteiger partial charge on any atom is -0.481 e. The zero-order valence-corrected chi connectivity index (χ0v) is 10.5. The Labute approximate surface area is 104 Å². The van der Waals surface area contributed by atoms with Gasteiger partial charge < -0.3 is 16.2 Å². The van der Waals surface area contributed by atoms with Crippen LogP contribution in [0, 0.1) is 5.92 Å². The predicted molar refractivity (Wildman–Crippen MR) is 66.1 cm³/mol. The van der Waals surface area contributed by atoms with Crippen molar-refractivity contribution in [2.24, 2.45) is 5.92 Å². The number of rotatable bonds is 5. The first kappa shape index (κ1) is 13.5. The average Bonchev–Trinajstić information content (AvgIpc) is 2.19. The lowest BCUT2D eigenvalue weighted by Gasteiger charge is -2.12. The lowest BCUT2D eigenvalue weighted by atomic mass is 10.2. The van der Waals surface area contributed by atoms with E-state index in [2.05, 4.69) is 15.3 Å². The molecule has 94 valence electrons. The zero-order chi connectivity index (χ0) is 13.0. The van der Waals surface area contributed by atoms with Crippen LogP contribution in [0.2, 0.25) is 5.28 Å². The van der Waals surface area contributed by atoms with Gasteiger partial charge in [0.05, 0.1) is 17.8 Å². The summed E-state index contributed by atoms with van der Waals surface area (Å²) in [6.45, 7) is 4.73. The van der Waals surface area contributed by atoms with Crippen LogP contribution < -0.4 is 11.1 Å². The first-order chi connectivity index (χ1) is 7.90. The number of carboxylic acid groups (broad SMARTS) is 1. The van der Waals surface area contributed by atoms with Gasteiger partial charge in [-0.05, 0) is 17.5 Å². The maximum atomic E-state index is 10.6. The number of nitrogens with one attached hydrogen (secondary N) is 1. The Balaban J connectivity index is 2.97. The van der Waals surface area contributed by atoms with Crippen LogP contribution in [0.25, 0.3) is 0 Å². The van der Waals surface area contributed by atoms with Crippen molar-refractivity contribution in [1.82, 2.24) is 9.97 Å². The Morgan fingerprint density at radius 2 is 2.18 bits per heavy atom. The number of hydrogen-bond acceptors (Lipinski definition) is 5. The maximum Gasteiger partial charge on any atom is 0.309 e. The van der Waals surface area contributed by atoms with Crippen LogP contribution >= 0.6 is 11.6 Å². The molecule has 0 radical (unpaired) electrons. The fourth-order valence-electron chi connectivity index (χ4n) is 1.20. The van der Waals surface area contributed by atoms with E-state index >= 15 is 0 Å². The van der Waals surface area contributed by atoms with E-state index in [1.807, 2.05) is 13.8 Å². The van der Waals surface area contributed by atoms with Crippen LogP contribution in [0.5, 0.6) is 0 Å². The van der Waals surface area contributed by atoms with Crippen LogP contribution in [0.15, 0.2) is 0 Å². The average molecular weight is 259 g/mol. The van der Waals surface area contributed by atoms with Crippen molar-refractivity contribution >= 4 is 29.1 Å². The quantitative estimate of drug-likeness (QED) is 0.690. The van der Waals surface area contributed by atoms with Crippen LogP contribution in [-0.2, 0) is 11.2 Å². The van der Waals surface area contributed by atoms with E-state index in [4.69, 9.17) is 22.4 Å². The summed E-state index contributed by atoms with van der Waals surface area (Å²) >= 11 is 5.71. The largest absolute Gasteiger partial charge is 0.481 e. The monoisotopic (exact) mass is 258 g/mol. The number of halogens is 1. The van der Waals surface area contributed by atoms with E-state index < -0.39 is 5.97 Å². The molecule has 0 bridgehead atoms. The van der Waals surface area contributed by atoms with Crippen LogP contribution in [0.4, 0.5) is 11.5 Å². The molecule has 0 aliphatic heterocycles. The van der Waals surface area contributed by atoms with Crippen molar-refractivity contribution in [2.75, 3.05) is 17.6 Å². The van der Waals surface area contributed by atoms with Gasteiger partial charge in [-0.15, -0.1) is 0 Å². The number of aliphatic carboxylic acids is 1. The molecule has 7 heteroatoms. The Hall–Kier alpha value is -1.56. The van der Waals surface area contributed by atoms with E-state index in [1.54, 1.807) is 0 Å². The van der Waals surface area contributed by atoms with Gasteiger partial charge in [-0.25, -0.2) is 4.98 Å². The minimum absolute atomic E-state index is 0.0123. The second-order valence-corrected chi connectivity index (χ2v) is 4.38. The predicted octanol–water partition coefficient (Wildman–Crippen LogP) is 1.41. The first-order valence-corrected chi connectivity index (χ1v) is 5.55. The van der Waals surface area contributed by atoms with Crippen molar-refractivity contribution in [1.29, 1.82) is 0 Å². The molecule has 1 aromatic rings. The topological polar surface area (TPSA) is 101 Å². The summed E-state index contributed by atoms with van der Waals surface area (Å²) in [5.74, 6) is -0.220. The molecule has 0 atom stereocenters. The molecule has 1 heterocycles. The van der Waals surface area contributed by atoms with Gasteiger partial charge >= 0.3 is 5.97 Å². The van der Waals surface area contributed by atoms with E-state index in [0.717, 1.165) is 0 Å². The molecule has 0 amide bonds. The number of anilines is 2. The molecular weight excluding hydrogens is 244 g/mol. The third kappa shape index (κ3) is 4.07. The van der Waals surface area contributed by atoms with Gasteiger partial charge in [-0.1, -0.05) is 13.8 Å². The molecule has 1 aromatic heterocycles. The van der Waals surface area contributed by atoms with E-state index in [0.29, 0.717) is 18.3 Å². The molecule has 4 N–H and O–H groups in total. The van der Waals surface area contributed by atoms with Gasteiger partial charge in [-0.2, -0.15) is 4.98 Å². The summed E-state index contributed by atoms with van der Waals surface area (Å²) in [6, 6.07) is 0. The van der Waals surface area contributed by atoms with Gasteiger partial charge in [0.25, 0.3) is 0 Å². The van der Waals surface area contributed by atoms with Crippen molar-refractivity contribution in [2.45, 2.75) is 20.3 Å². The lowest BCUT2D eigenvalue weighted by molar-refractivity contribution is -0.136. The molecule has 0 saturated carbocycles. The van der Waals surface area contributed by atoms with E-state index in [-0.39, 0.29) is 23.1 Å². The number of nitrogen functional groups attached to an aromatic ring is 1. The molecule has 6 nitrogen and oxygen atoms in total. The number of hydrogen-bond donors (Lipinski definition) is 3. The highest BCUT2D eigenvalue weighted by Crippen LogP contribution is 2.22. The summed E-state index contributed by atoms with van der Waals surface area (Å²) in [5, 5.41) is 11.7. The first-order valence-electron chi connectivity index (χ1n) is 5.17. The number of carbonyl (C=O) groups is 1. The Morgan fingerprint density at radius 1 is 1.53 bits per heavy atom. The second kappa shape index (κ2) is 5.67. The Bertz CT molecular complexity index is 423. The zero-order valence-electron chi connectivity index (χ0n) is 9.70. The highest BCUT2D eigenvalue weighted by molar-refractivity contribution is 6.28. The normalized spacial score (nSPS) is 10.6. The summed E-state index contributed by atoms with van der Waals surface area (Å²) in [5.41, 5.74) is 6.24. The lowest BCUT2D eigenvalue weighted by Crippen LogP contribution is -2.14. The fraction of sp³-hybridized carbons (Fsp3) is 0.500. The molecule has 0 spiro atoms. The molecule has 0 saturated heterocycles. The summed E-state index contributed by atoms with van der Waals surface area (Å²) < 4.78 is 0. The fourth-order valence-corrected chi connectivity index (χ4v) is 1.39. The number of nitrogens with zero attached hydrogens (tertiary/aromatic N) is 2. The van der Waals surface area contributed by atoms with Gasteiger partial charge in [0, 0.05) is 6.54 Å². The van der Waals surface area contributed by atoms with E-state index in [1.165, 1.54) is 0 Å². The molecule has 0 aliphatic rings. The van der Waals surface area contributed by atoms with Crippen molar-refractivity contribution in [3.8, 4) is 0 Å². The molecule has 17 heavy (non-hydrogen) atoms. The van der Waals surface area contributed by atoms with Crippen LogP contribution in [-0.4, -0.2) is 27.6 Å². The maximum absolute atomic E-state index is 10.6. The van der Waals surface area contributed by atoms with Crippen LogP contribution in [0.3, 0.4) is 0 Å². The highest BCUT2D eigenvalue weighted by Gasteiger charge is 2.13. The summed E-state index contributed by atoms with van der Waals surface area (Å²) in [4.78, 5) is 18.4. The van der Waals surface area contributed by atoms with Crippen molar-refractivity contribution in [3.63, 3.8) is 0 Å². The molecule has 0 unspecified atom stereocenters. The molecule has 1 rings (SSSR count). The van der Waals surface area contributed by atoms with Gasteiger partial charge in [-0.3, -0.25) is 4.79 Å². The van der Waals surface area contributed by atoms with Gasteiger partial charge in [0.1, 0.15) is 0 Å². The van der Waals surface area contributed by atoms with E-state index in [9.17, 15) is 4.79 Å². The summed E-state index contributed by atoms with van der Waals surface area (Å²) in [6.07, 6.45) is -0.273. The smallest absolute Gasteiger partial charge is 0.309 e. The number of aromatic nitrogens is 2. The summed E-state index contributed by atoms with van der Waals surface area (Å²) in [7, 11) is 0. The third-order valence-electron chi connectivity index (χ3n) is 1.99. The Morgan fingerprint density at radius 3 is 2.71 bits per heavy atom. The van der Waals surface area contributed by atoms with Crippen molar-refractivity contribution in [3.05, 3.63) is 11.0 Å². The SMILES string of the molecule is CC(C)CNc1nc(Cl)nc(CC(=O)O)c1N. The number of carboxylic acids is 1. The van der Waals surface area contributed by atoms with Crippen molar-refractivity contribution < 1.29 is 9.90 Å². The molecular formula is C10H15ClN4O2. The van der Waals surface area contributed by atoms with Crippen LogP contribution in [0.1, 0.15) is 19.5 Å². The molecule has 0 aliphatic carbocycles. The second-order valence-electron chi connectivity index (χ2n) is 4.05. The molecule has 0 aromatic carbocycles. The number of nitrogens with two attached hydrogens (primary N) is 1. The minimum atomic E-state index is -1.01. The highest BCUT2D eigenvalue weighted by atomic mass is 35.5. The standard InChI is InChI=1S/C10H15ClN4O2/c1-5(2)4-13-9-8(12)6(3-7(16)17)14-10(11)15-9/h5H,3-4,12H2,1-2H3,(H,16,17)(H,13,14,15).